The molecule has 0 aromatic heterocycles. The summed E-state index contributed by atoms with van der Waals surface area (Å²) in [6.45, 7) is 4.75. The minimum Gasteiger partial charge on any atom is -0.491 e. The Hall–Kier alpha value is -2.89. The smallest absolute Gasteiger partial charge is 0.335 e. The zero-order valence-corrected chi connectivity index (χ0v) is 16.8. The molecule has 0 aliphatic carbocycles. The van der Waals surface area contributed by atoms with Gasteiger partial charge in [0, 0.05) is 12.1 Å². The van der Waals surface area contributed by atoms with E-state index >= 15 is 0 Å². The molecule has 0 aliphatic rings. The Kier molecular flexibility index (Phi) is 6.52. The van der Waals surface area contributed by atoms with Crippen molar-refractivity contribution in [2.24, 2.45) is 0 Å². The van der Waals surface area contributed by atoms with Crippen molar-refractivity contribution in [1.82, 2.24) is 5.32 Å². The minimum atomic E-state index is -0.977. The number of nitrogens with one attached hydrogen (secondary N) is 1. The molecule has 1 atom stereocenters. The van der Waals surface area contributed by atoms with Crippen LogP contribution in [0.4, 0.5) is 0 Å². The second-order valence-electron chi connectivity index (χ2n) is 7.92. The SMILES string of the molecule is CC(C)(Cc1ccc2ccccc2c1)NCC(O)COc1ccc(C(=O)O)cc1. The van der Waals surface area contributed by atoms with Gasteiger partial charge in [0.15, 0.2) is 0 Å². The summed E-state index contributed by atoms with van der Waals surface area (Å²) in [6.07, 6.45) is 0.159. The predicted molar refractivity (Wildman–Crippen MR) is 115 cm³/mol. The van der Waals surface area contributed by atoms with Crippen molar-refractivity contribution in [3.63, 3.8) is 0 Å². The summed E-state index contributed by atoms with van der Waals surface area (Å²) in [5.74, 6) is -0.445. The van der Waals surface area contributed by atoms with Crippen molar-refractivity contribution in [2.75, 3.05) is 13.2 Å². The molecule has 0 saturated carbocycles. The number of carboxylic acids is 1. The van der Waals surface area contributed by atoms with Crippen LogP contribution in [0.25, 0.3) is 10.8 Å². The van der Waals surface area contributed by atoms with Crippen LogP contribution in [0.15, 0.2) is 66.7 Å². The Morgan fingerprint density at radius 1 is 1.03 bits per heavy atom. The van der Waals surface area contributed by atoms with Gasteiger partial charge >= 0.3 is 5.97 Å². The van der Waals surface area contributed by atoms with Gasteiger partial charge in [0.25, 0.3) is 0 Å². The first-order valence-electron chi connectivity index (χ1n) is 9.69. The van der Waals surface area contributed by atoms with Crippen LogP contribution in [0, 0.1) is 0 Å². The zero-order chi connectivity index (χ0) is 20.9. The highest BCUT2D eigenvalue weighted by molar-refractivity contribution is 5.87. The zero-order valence-electron chi connectivity index (χ0n) is 16.8. The van der Waals surface area contributed by atoms with E-state index in [1.807, 2.05) is 12.1 Å². The number of aliphatic hydroxyl groups is 1. The molecule has 3 aromatic rings. The normalized spacial score (nSPS) is 12.7. The Morgan fingerprint density at radius 3 is 2.41 bits per heavy atom. The fourth-order valence-electron chi connectivity index (χ4n) is 3.26. The summed E-state index contributed by atoms with van der Waals surface area (Å²) >= 11 is 0. The number of rotatable bonds is 9. The van der Waals surface area contributed by atoms with Gasteiger partial charge in [-0.25, -0.2) is 4.79 Å². The maximum absolute atomic E-state index is 10.9. The number of carboxylic acid groups (broad SMARTS) is 1. The molecular formula is C24H27NO4. The molecule has 29 heavy (non-hydrogen) atoms. The number of fused-ring (bicyclic) bond motifs is 1. The van der Waals surface area contributed by atoms with Gasteiger partial charge < -0.3 is 20.3 Å². The molecule has 3 aromatic carbocycles. The van der Waals surface area contributed by atoms with E-state index in [0.29, 0.717) is 12.3 Å². The van der Waals surface area contributed by atoms with E-state index < -0.39 is 12.1 Å². The number of aliphatic hydroxyl groups excluding tert-OH is 1. The molecule has 0 bridgehead atoms. The lowest BCUT2D eigenvalue weighted by Gasteiger charge is -2.28. The molecule has 5 heteroatoms. The minimum absolute atomic E-state index is 0.130. The summed E-state index contributed by atoms with van der Waals surface area (Å²) in [6, 6.07) is 20.9. The number of hydrogen-bond acceptors (Lipinski definition) is 4. The number of β-amino-alcohol motifs (C(OH)–C–C–N with tert-alkyl or cyclic N) is 1. The largest absolute Gasteiger partial charge is 0.491 e. The molecule has 0 saturated heterocycles. The summed E-state index contributed by atoms with van der Waals surface area (Å²) in [4.78, 5) is 10.9. The third-order valence-electron chi connectivity index (χ3n) is 4.82. The van der Waals surface area contributed by atoms with Gasteiger partial charge in [-0.3, -0.25) is 0 Å². The number of benzene rings is 3. The van der Waals surface area contributed by atoms with E-state index in [1.165, 1.54) is 28.5 Å². The van der Waals surface area contributed by atoms with Crippen molar-refractivity contribution in [1.29, 1.82) is 0 Å². The van der Waals surface area contributed by atoms with Crippen molar-refractivity contribution < 1.29 is 19.7 Å². The first-order valence-corrected chi connectivity index (χ1v) is 9.69. The van der Waals surface area contributed by atoms with E-state index in [0.717, 1.165) is 6.42 Å². The summed E-state index contributed by atoms with van der Waals surface area (Å²) < 4.78 is 5.55. The van der Waals surface area contributed by atoms with E-state index in [9.17, 15) is 9.90 Å². The number of carbonyl (C=O) groups is 1. The molecule has 0 fully saturated rings. The topological polar surface area (TPSA) is 78.8 Å². The lowest BCUT2D eigenvalue weighted by molar-refractivity contribution is 0.0696. The van der Waals surface area contributed by atoms with Gasteiger partial charge in [-0.05, 0) is 60.9 Å². The number of hydrogen-bond donors (Lipinski definition) is 3. The average molecular weight is 393 g/mol. The van der Waals surface area contributed by atoms with E-state index in [4.69, 9.17) is 9.84 Å². The molecule has 0 heterocycles. The number of ether oxygens (including phenoxy) is 1. The number of aromatic carboxylic acids is 1. The quantitative estimate of drug-likeness (QED) is 0.514. The van der Waals surface area contributed by atoms with E-state index in [1.54, 1.807) is 12.1 Å². The van der Waals surface area contributed by atoms with Crippen LogP contribution in [0.5, 0.6) is 5.75 Å². The van der Waals surface area contributed by atoms with Crippen LogP contribution in [0.1, 0.15) is 29.8 Å². The fourth-order valence-corrected chi connectivity index (χ4v) is 3.26. The van der Waals surface area contributed by atoms with Crippen molar-refractivity contribution >= 4 is 16.7 Å². The lowest BCUT2D eigenvalue weighted by Crippen LogP contribution is -2.46. The van der Waals surface area contributed by atoms with Crippen LogP contribution in [-0.2, 0) is 6.42 Å². The standard InChI is InChI=1S/C24H27NO4/c1-24(2,14-17-7-8-18-5-3-4-6-20(18)13-17)25-15-21(26)16-29-22-11-9-19(10-12-22)23(27)28/h3-13,21,25-26H,14-16H2,1-2H3,(H,27,28). The molecule has 0 spiro atoms. The highest BCUT2D eigenvalue weighted by atomic mass is 16.5. The average Bonchev–Trinajstić information content (AvgIpc) is 2.70. The first kappa shape index (κ1) is 20.8. The second-order valence-corrected chi connectivity index (χ2v) is 7.92. The fraction of sp³-hybridized carbons (Fsp3) is 0.292. The van der Waals surface area contributed by atoms with Crippen molar-refractivity contribution in [2.45, 2.75) is 31.9 Å². The van der Waals surface area contributed by atoms with Crippen LogP contribution >= 0.6 is 0 Å². The van der Waals surface area contributed by atoms with Gasteiger partial charge in [0.05, 0.1) is 5.56 Å². The Labute approximate surface area is 171 Å². The molecule has 0 amide bonds. The third kappa shape index (κ3) is 6.04. The highest BCUT2D eigenvalue weighted by Gasteiger charge is 2.19. The maximum Gasteiger partial charge on any atom is 0.335 e. The molecule has 0 aliphatic heterocycles. The lowest BCUT2D eigenvalue weighted by atomic mass is 9.93. The molecule has 152 valence electrons. The molecule has 0 radical (unpaired) electrons. The maximum atomic E-state index is 10.9. The van der Waals surface area contributed by atoms with Gasteiger partial charge in [-0.15, -0.1) is 0 Å². The van der Waals surface area contributed by atoms with Crippen LogP contribution in [-0.4, -0.2) is 41.0 Å². The Balaban J connectivity index is 1.48. The van der Waals surface area contributed by atoms with Crippen LogP contribution < -0.4 is 10.1 Å². The molecule has 3 N–H and O–H groups in total. The molecule has 1 unspecified atom stereocenters. The monoisotopic (exact) mass is 393 g/mol. The van der Waals surface area contributed by atoms with Gasteiger partial charge in [0.1, 0.15) is 18.5 Å². The third-order valence-corrected chi connectivity index (χ3v) is 4.82. The molecule has 5 nitrogen and oxygen atoms in total. The van der Waals surface area contributed by atoms with E-state index in [-0.39, 0.29) is 17.7 Å². The Bertz CT molecular complexity index is 966. The highest BCUT2D eigenvalue weighted by Crippen LogP contribution is 2.19. The van der Waals surface area contributed by atoms with Crippen molar-refractivity contribution in [3.05, 3.63) is 77.9 Å². The summed E-state index contributed by atoms with van der Waals surface area (Å²) in [7, 11) is 0. The molecular weight excluding hydrogens is 366 g/mol. The second kappa shape index (κ2) is 9.07. The first-order chi connectivity index (χ1) is 13.8. The Morgan fingerprint density at radius 2 is 1.72 bits per heavy atom. The van der Waals surface area contributed by atoms with Crippen LogP contribution in [0.3, 0.4) is 0 Å². The van der Waals surface area contributed by atoms with Gasteiger partial charge in [-0.2, -0.15) is 0 Å². The predicted octanol–water partition coefficient (Wildman–Crippen LogP) is 3.89. The summed E-state index contributed by atoms with van der Waals surface area (Å²) in [5, 5.41) is 25.0. The van der Waals surface area contributed by atoms with Crippen molar-refractivity contribution in [3.8, 4) is 5.75 Å². The van der Waals surface area contributed by atoms with Gasteiger partial charge in [0.2, 0.25) is 0 Å². The summed E-state index contributed by atoms with van der Waals surface area (Å²) in [5.41, 5.74) is 1.26. The molecule has 3 rings (SSSR count). The van der Waals surface area contributed by atoms with E-state index in [2.05, 4.69) is 49.5 Å². The van der Waals surface area contributed by atoms with Crippen LogP contribution in [0.2, 0.25) is 0 Å². The van der Waals surface area contributed by atoms with Gasteiger partial charge in [-0.1, -0.05) is 42.5 Å².